The number of esters is 1. The highest BCUT2D eigenvalue weighted by Crippen LogP contribution is 2.42. The van der Waals surface area contributed by atoms with Crippen LogP contribution in [-0.4, -0.2) is 22.2 Å². The summed E-state index contributed by atoms with van der Waals surface area (Å²) in [6.07, 6.45) is 0. The van der Waals surface area contributed by atoms with Crippen LogP contribution in [-0.2, 0) is 4.74 Å². The smallest absolute Gasteiger partial charge is 0.340 e. The molecule has 0 bridgehead atoms. The van der Waals surface area contributed by atoms with Crippen LogP contribution in [0, 0.1) is 6.92 Å². The van der Waals surface area contributed by atoms with Gasteiger partial charge in [-0.05, 0) is 32.0 Å². The molecule has 1 N–H and O–H groups in total. The van der Waals surface area contributed by atoms with Gasteiger partial charge in [-0.3, -0.25) is 0 Å². The molecular formula is C18H15Cl2NO3. The first-order chi connectivity index (χ1) is 11.5. The van der Waals surface area contributed by atoms with Crippen LogP contribution in [0.5, 0.6) is 5.75 Å². The maximum Gasteiger partial charge on any atom is 0.340 e. The molecule has 4 nitrogen and oxygen atoms in total. The van der Waals surface area contributed by atoms with Crippen molar-refractivity contribution >= 4 is 40.1 Å². The van der Waals surface area contributed by atoms with Gasteiger partial charge in [0, 0.05) is 16.8 Å². The van der Waals surface area contributed by atoms with E-state index in [2.05, 4.69) is 0 Å². The van der Waals surface area contributed by atoms with E-state index in [1.54, 1.807) is 13.8 Å². The van der Waals surface area contributed by atoms with Gasteiger partial charge in [0.1, 0.15) is 5.02 Å². The Balaban J connectivity index is 2.46. The lowest BCUT2D eigenvalue weighted by Gasteiger charge is -2.10. The topological polar surface area (TPSA) is 51.5 Å². The normalized spacial score (nSPS) is 11.0. The molecule has 24 heavy (non-hydrogen) atoms. The maximum absolute atomic E-state index is 12.4. The number of aromatic hydroxyl groups is 1. The number of nitrogens with zero attached hydrogens (tertiary/aromatic N) is 1. The molecule has 0 saturated carbocycles. The van der Waals surface area contributed by atoms with Gasteiger partial charge in [0.25, 0.3) is 0 Å². The van der Waals surface area contributed by atoms with Gasteiger partial charge < -0.3 is 14.4 Å². The zero-order chi connectivity index (χ0) is 17.4. The first kappa shape index (κ1) is 16.7. The predicted octanol–water partition coefficient (Wildman–Crippen LogP) is 5.13. The molecule has 2 aromatic carbocycles. The molecule has 124 valence electrons. The highest BCUT2D eigenvalue weighted by molar-refractivity contribution is 6.41. The van der Waals surface area contributed by atoms with E-state index >= 15 is 0 Å². The number of para-hydroxylation sites is 1. The number of phenols is 1. The highest BCUT2D eigenvalue weighted by atomic mass is 35.5. The van der Waals surface area contributed by atoms with Crippen molar-refractivity contribution in [2.75, 3.05) is 6.61 Å². The number of phenolic OH excluding ortho intramolecular Hbond substituents is 1. The van der Waals surface area contributed by atoms with Gasteiger partial charge in [0.05, 0.1) is 22.7 Å². The first-order valence-electron chi connectivity index (χ1n) is 7.41. The summed E-state index contributed by atoms with van der Waals surface area (Å²) in [5.41, 5.74) is 2.39. The van der Waals surface area contributed by atoms with Crippen LogP contribution in [0.1, 0.15) is 23.0 Å². The van der Waals surface area contributed by atoms with Crippen molar-refractivity contribution in [2.24, 2.45) is 0 Å². The third kappa shape index (κ3) is 2.52. The second kappa shape index (κ2) is 6.38. The average molecular weight is 364 g/mol. The third-order valence-corrected chi connectivity index (χ3v) is 4.50. The van der Waals surface area contributed by atoms with E-state index in [-0.39, 0.29) is 22.4 Å². The molecular weight excluding hydrogens is 349 g/mol. The highest BCUT2D eigenvalue weighted by Gasteiger charge is 2.25. The Hall–Kier alpha value is -2.17. The number of hydrogen-bond acceptors (Lipinski definition) is 3. The molecule has 0 aliphatic rings. The van der Waals surface area contributed by atoms with Crippen LogP contribution in [0.2, 0.25) is 10.0 Å². The molecule has 0 radical (unpaired) electrons. The van der Waals surface area contributed by atoms with Gasteiger partial charge in [-0.15, -0.1) is 0 Å². The monoisotopic (exact) mass is 363 g/mol. The largest absolute Gasteiger partial charge is 0.505 e. The van der Waals surface area contributed by atoms with Crippen LogP contribution in [0.25, 0.3) is 16.6 Å². The Kier molecular flexibility index (Phi) is 4.43. The summed E-state index contributed by atoms with van der Waals surface area (Å²) in [5.74, 6) is -0.663. The van der Waals surface area contributed by atoms with Crippen molar-refractivity contribution < 1.29 is 14.6 Å². The van der Waals surface area contributed by atoms with Crippen LogP contribution >= 0.6 is 23.2 Å². The lowest BCUT2D eigenvalue weighted by atomic mass is 10.1. The van der Waals surface area contributed by atoms with Crippen LogP contribution < -0.4 is 0 Å². The second-order valence-electron chi connectivity index (χ2n) is 5.27. The molecule has 6 heteroatoms. The minimum atomic E-state index is -0.451. The first-order valence-corrected chi connectivity index (χ1v) is 8.17. The summed E-state index contributed by atoms with van der Waals surface area (Å²) >= 11 is 12.4. The fourth-order valence-corrected chi connectivity index (χ4v) is 3.38. The summed E-state index contributed by atoms with van der Waals surface area (Å²) in [5, 5.41) is 10.9. The van der Waals surface area contributed by atoms with Crippen molar-refractivity contribution in [3.8, 4) is 11.4 Å². The summed E-state index contributed by atoms with van der Waals surface area (Å²) in [4.78, 5) is 12.4. The van der Waals surface area contributed by atoms with Crippen LogP contribution in [0.15, 0.2) is 36.4 Å². The number of aromatic nitrogens is 1. The molecule has 0 saturated heterocycles. The van der Waals surface area contributed by atoms with E-state index in [1.807, 2.05) is 34.9 Å². The van der Waals surface area contributed by atoms with E-state index in [9.17, 15) is 9.90 Å². The lowest BCUT2D eigenvalue weighted by molar-refractivity contribution is 0.0527. The number of ether oxygens (including phenoxy) is 1. The Morgan fingerprint density at radius 1 is 1.25 bits per heavy atom. The van der Waals surface area contributed by atoms with E-state index in [4.69, 9.17) is 27.9 Å². The van der Waals surface area contributed by atoms with Crippen LogP contribution in [0.4, 0.5) is 0 Å². The number of carbonyl (C=O) groups is 1. The zero-order valence-corrected chi connectivity index (χ0v) is 14.6. The number of fused-ring (bicyclic) bond motifs is 1. The molecule has 0 aliphatic heterocycles. The maximum atomic E-state index is 12.4. The average Bonchev–Trinajstić information content (AvgIpc) is 2.86. The lowest BCUT2D eigenvalue weighted by Crippen LogP contribution is -2.07. The molecule has 1 aromatic heterocycles. The van der Waals surface area contributed by atoms with Crippen molar-refractivity contribution in [1.29, 1.82) is 0 Å². The fourth-order valence-electron chi connectivity index (χ4n) is 2.84. The minimum Gasteiger partial charge on any atom is -0.505 e. The summed E-state index contributed by atoms with van der Waals surface area (Å²) in [6.45, 7) is 3.81. The number of rotatable bonds is 3. The third-order valence-electron chi connectivity index (χ3n) is 3.85. The van der Waals surface area contributed by atoms with Crippen molar-refractivity contribution in [2.45, 2.75) is 13.8 Å². The van der Waals surface area contributed by atoms with E-state index in [1.165, 1.54) is 6.07 Å². The fraction of sp³-hybridized carbons (Fsp3) is 0.167. The summed E-state index contributed by atoms with van der Waals surface area (Å²) < 4.78 is 6.99. The quantitative estimate of drug-likeness (QED) is 0.656. The molecule has 3 aromatic rings. The van der Waals surface area contributed by atoms with Crippen molar-refractivity contribution in [3.63, 3.8) is 0 Å². The molecule has 1 heterocycles. The van der Waals surface area contributed by atoms with Gasteiger partial charge in [0.15, 0.2) is 5.75 Å². The zero-order valence-electron chi connectivity index (χ0n) is 13.1. The molecule has 0 aliphatic carbocycles. The molecule has 0 fully saturated rings. The molecule has 0 atom stereocenters. The number of halogens is 2. The standard InChI is InChI=1S/C18H15Cl2NO3/c1-3-24-18(23)14-10(2)21(11-7-5-4-6-8-11)16-12(14)9-13(19)17(22)15(16)20/h4-9,22H,3H2,1-2H3. The van der Waals surface area contributed by atoms with Crippen molar-refractivity contribution in [3.05, 3.63) is 57.7 Å². The van der Waals surface area contributed by atoms with Gasteiger partial charge in [-0.2, -0.15) is 0 Å². The van der Waals surface area contributed by atoms with E-state index in [0.717, 1.165) is 5.69 Å². The Morgan fingerprint density at radius 2 is 1.92 bits per heavy atom. The molecule has 0 amide bonds. The SMILES string of the molecule is CCOC(=O)c1c(C)n(-c2ccccc2)c2c(Cl)c(O)c(Cl)cc12. The van der Waals surface area contributed by atoms with E-state index in [0.29, 0.717) is 22.2 Å². The number of benzene rings is 2. The van der Waals surface area contributed by atoms with Gasteiger partial charge in [-0.25, -0.2) is 4.79 Å². The number of carbonyl (C=O) groups excluding carboxylic acids is 1. The Bertz CT molecular complexity index is 933. The van der Waals surface area contributed by atoms with Crippen molar-refractivity contribution in [1.82, 2.24) is 4.57 Å². The molecule has 0 spiro atoms. The Labute approximate surface area is 149 Å². The predicted molar refractivity (Wildman–Crippen MR) is 95.7 cm³/mol. The van der Waals surface area contributed by atoms with Gasteiger partial charge in [-0.1, -0.05) is 41.4 Å². The van der Waals surface area contributed by atoms with Gasteiger partial charge in [0.2, 0.25) is 0 Å². The van der Waals surface area contributed by atoms with Crippen LogP contribution in [0.3, 0.4) is 0 Å². The van der Waals surface area contributed by atoms with Gasteiger partial charge >= 0.3 is 5.97 Å². The summed E-state index contributed by atoms with van der Waals surface area (Å²) in [7, 11) is 0. The summed E-state index contributed by atoms with van der Waals surface area (Å²) in [6, 6.07) is 11.0. The molecule has 3 rings (SSSR count). The second-order valence-corrected chi connectivity index (χ2v) is 6.05. The number of hydrogen-bond donors (Lipinski definition) is 1. The molecule has 0 unspecified atom stereocenters. The minimum absolute atomic E-state index is 0.0864. The van der Waals surface area contributed by atoms with E-state index < -0.39 is 5.97 Å². The Morgan fingerprint density at radius 3 is 2.54 bits per heavy atom.